The number of methoxy groups -OCH3 is 1. The monoisotopic (exact) mass is 556 g/mol. The highest BCUT2D eigenvalue weighted by molar-refractivity contribution is 9.10. The molecule has 3 rings (SSSR count). The molecule has 0 aromatic heterocycles. The van der Waals surface area contributed by atoms with Gasteiger partial charge in [-0.15, -0.1) is 0 Å². The number of carbonyl (C=O) groups is 2. The third-order valence-electron chi connectivity index (χ3n) is 6.62. The van der Waals surface area contributed by atoms with E-state index in [1.54, 1.807) is 36.3 Å². The fraction of sp³-hybridized carbons (Fsp3) is 0.448. The van der Waals surface area contributed by atoms with Crippen LogP contribution in [0.1, 0.15) is 63.1 Å². The maximum Gasteiger partial charge on any atom is 0.295 e. The molecule has 6 nitrogen and oxygen atoms in total. The van der Waals surface area contributed by atoms with Crippen LogP contribution in [0.2, 0.25) is 0 Å². The van der Waals surface area contributed by atoms with Crippen LogP contribution in [0, 0.1) is 0 Å². The van der Waals surface area contributed by atoms with Gasteiger partial charge in [0.2, 0.25) is 0 Å². The van der Waals surface area contributed by atoms with E-state index in [-0.39, 0.29) is 11.3 Å². The van der Waals surface area contributed by atoms with Gasteiger partial charge in [0.15, 0.2) is 0 Å². The largest absolute Gasteiger partial charge is 0.507 e. The fourth-order valence-electron chi connectivity index (χ4n) is 4.57. The number of hydrogen-bond donors (Lipinski definition) is 1. The number of carbonyl (C=O) groups excluding carboxylic acids is 2. The minimum Gasteiger partial charge on any atom is -0.507 e. The number of rotatable bonds is 13. The SMILES string of the molecule is CCCCN(CCCC)CCCN1C(=O)C(=O)C(=C(O)c2ccc(OC)cc2)C1c1ccc(Br)cc1. The summed E-state index contributed by atoms with van der Waals surface area (Å²) < 4.78 is 6.11. The first kappa shape index (κ1) is 27.9. The lowest BCUT2D eigenvalue weighted by Gasteiger charge is -2.27. The van der Waals surface area contributed by atoms with Crippen molar-refractivity contribution in [1.82, 2.24) is 9.80 Å². The number of unbranched alkanes of at least 4 members (excludes halogenated alkanes) is 2. The quantitative estimate of drug-likeness (QED) is 0.181. The Labute approximate surface area is 223 Å². The van der Waals surface area contributed by atoms with Gasteiger partial charge in [0.25, 0.3) is 11.7 Å². The maximum absolute atomic E-state index is 13.2. The van der Waals surface area contributed by atoms with Gasteiger partial charge in [0.05, 0.1) is 18.7 Å². The Morgan fingerprint density at radius 1 is 0.944 bits per heavy atom. The molecule has 1 atom stereocenters. The first-order valence-corrected chi connectivity index (χ1v) is 13.6. The normalized spacial score (nSPS) is 17.2. The van der Waals surface area contributed by atoms with Crippen molar-refractivity contribution in [2.24, 2.45) is 0 Å². The minimum absolute atomic E-state index is 0.126. The summed E-state index contributed by atoms with van der Waals surface area (Å²) in [5.74, 6) is -0.734. The van der Waals surface area contributed by atoms with Gasteiger partial charge in [0, 0.05) is 16.6 Å². The van der Waals surface area contributed by atoms with Gasteiger partial charge in [-0.25, -0.2) is 0 Å². The van der Waals surface area contributed by atoms with Crippen LogP contribution in [0.25, 0.3) is 5.76 Å². The number of aliphatic hydroxyl groups excluding tert-OH is 1. The van der Waals surface area contributed by atoms with Crippen LogP contribution in [-0.2, 0) is 9.59 Å². The van der Waals surface area contributed by atoms with E-state index in [2.05, 4.69) is 34.7 Å². The third kappa shape index (κ3) is 6.77. The molecule has 1 N–H and O–H groups in total. The van der Waals surface area contributed by atoms with E-state index in [9.17, 15) is 14.7 Å². The second-order valence-corrected chi connectivity index (χ2v) is 10.1. The van der Waals surface area contributed by atoms with Crippen molar-refractivity contribution in [3.63, 3.8) is 0 Å². The van der Waals surface area contributed by atoms with Gasteiger partial charge in [-0.05, 0) is 80.9 Å². The van der Waals surface area contributed by atoms with Crippen molar-refractivity contribution in [1.29, 1.82) is 0 Å². The summed E-state index contributed by atoms with van der Waals surface area (Å²) >= 11 is 3.46. The van der Waals surface area contributed by atoms with Crippen LogP contribution in [-0.4, -0.2) is 59.9 Å². The molecule has 1 aliphatic heterocycles. The zero-order valence-electron chi connectivity index (χ0n) is 21.5. The summed E-state index contributed by atoms with van der Waals surface area (Å²) in [7, 11) is 1.57. The number of ether oxygens (including phenoxy) is 1. The molecular weight excluding hydrogens is 520 g/mol. The van der Waals surface area contributed by atoms with Crippen molar-refractivity contribution in [2.75, 3.05) is 33.3 Å². The highest BCUT2D eigenvalue weighted by atomic mass is 79.9. The minimum atomic E-state index is -0.648. The van der Waals surface area contributed by atoms with E-state index in [1.165, 1.54) is 0 Å². The molecule has 1 heterocycles. The van der Waals surface area contributed by atoms with Crippen LogP contribution in [0.3, 0.4) is 0 Å². The lowest BCUT2D eigenvalue weighted by Crippen LogP contribution is -2.34. The smallest absolute Gasteiger partial charge is 0.295 e. The number of ketones is 1. The van der Waals surface area contributed by atoms with E-state index in [0.29, 0.717) is 17.9 Å². The van der Waals surface area contributed by atoms with E-state index in [4.69, 9.17) is 4.74 Å². The lowest BCUT2D eigenvalue weighted by molar-refractivity contribution is -0.140. The number of likely N-dealkylation sites (tertiary alicyclic amines) is 1. The average Bonchev–Trinajstić information content (AvgIpc) is 3.15. The fourth-order valence-corrected chi connectivity index (χ4v) is 4.83. The number of benzene rings is 2. The van der Waals surface area contributed by atoms with Gasteiger partial charge in [0.1, 0.15) is 11.5 Å². The zero-order valence-corrected chi connectivity index (χ0v) is 23.1. The van der Waals surface area contributed by atoms with Crippen LogP contribution < -0.4 is 4.74 Å². The Morgan fingerprint density at radius 3 is 2.08 bits per heavy atom. The average molecular weight is 558 g/mol. The van der Waals surface area contributed by atoms with Crippen LogP contribution >= 0.6 is 15.9 Å². The molecule has 1 fully saturated rings. The Kier molecular flexibility index (Phi) is 10.6. The van der Waals surface area contributed by atoms with E-state index >= 15 is 0 Å². The number of aliphatic hydroxyl groups is 1. The molecule has 2 aromatic rings. The van der Waals surface area contributed by atoms with Gasteiger partial charge < -0.3 is 19.6 Å². The topological polar surface area (TPSA) is 70.1 Å². The molecule has 0 aliphatic carbocycles. The second kappa shape index (κ2) is 13.6. The summed E-state index contributed by atoms with van der Waals surface area (Å²) in [4.78, 5) is 30.5. The summed E-state index contributed by atoms with van der Waals surface area (Å²) in [6.07, 6.45) is 5.35. The number of halogens is 1. The van der Waals surface area contributed by atoms with Crippen LogP contribution in [0.5, 0.6) is 5.75 Å². The maximum atomic E-state index is 13.2. The molecule has 194 valence electrons. The van der Waals surface area contributed by atoms with Crippen molar-refractivity contribution >= 4 is 33.4 Å². The molecule has 0 spiro atoms. The number of Topliss-reactive ketones (excluding diaryl/α,β-unsaturated/α-hetero) is 1. The predicted octanol–water partition coefficient (Wildman–Crippen LogP) is 6.17. The van der Waals surface area contributed by atoms with Gasteiger partial charge in [-0.1, -0.05) is 54.8 Å². The molecule has 2 aromatic carbocycles. The molecule has 1 amide bonds. The van der Waals surface area contributed by atoms with Gasteiger partial charge in [-0.2, -0.15) is 0 Å². The molecule has 0 saturated carbocycles. The highest BCUT2D eigenvalue weighted by Crippen LogP contribution is 2.40. The molecule has 36 heavy (non-hydrogen) atoms. The van der Waals surface area contributed by atoms with Crippen molar-refractivity contribution < 1.29 is 19.4 Å². The standard InChI is InChI=1S/C29H37BrN2O4/c1-4-6-17-31(18-7-5-2)19-8-20-32-26(21-9-13-23(30)14-10-21)25(28(34)29(32)35)27(33)22-11-15-24(36-3)16-12-22/h9-16,26,33H,4-8,17-20H2,1-3H3. The lowest BCUT2D eigenvalue weighted by atomic mass is 9.95. The van der Waals surface area contributed by atoms with Crippen molar-refractivity contribution in [3.05, 3.63) is 69.7 Å². The third-order valence-corrected chi connectivity index (χ3v) is 7.15. The number of hydrogen-bond acceptors (Lipinski definition) is 5. The Bertz CT molecular complexity index is 1040. The number of amides is 1. The highest BCUT2D eigenvalue weighted by Gasteiger charge is 2.45. The molecule has 7 heteroatoms. The van der Waals surface area contributed by atoms with E-state index in [1.807, 2.05) is 24.3 Å². The molecule has 1 unspecified atom stereocenters. The van der Waals surface area contributed by atoms with E-state index in [0.717, 1.165) is 61.8 Å². The van der Waals surface area contributed by atoms with Gasteiger partial charge in [-0.3, -0.25) is 9.59 Å². The molecule has 0 bridgehead atoms. The first-order valence-electron chi connectivity index (χ1n) is 12.8. The molecule has 1 aliphatic rings. The Balaban J connectivity index is 1.90. The van der Waals surface area contributed by atoms with E-state index < -0.39 is 17.7 Å². The van der Waals surface area contributed by atoms with Crippen LogP contribution in [0.4, 0.5) is 0 Å². The summed E-state index contributed by atoms with van der Waals surface area (Å²) in [5, 5.41) is 11.2. The van der Waals surface area contributed by atoms with Gasteiger partial charge >= 0.3 is 0 Å². The van der Waals surface area contributed by atoms with Crippen LogP contribution in [0.15, 0.2) is 58.6 Å². The Hall–Kier alpha value is -2.64. The second-order valence-electron chi connectivity index (χ2n) is 9.17. The van der Waals surface area contributed by atoms with Crippen molar-refractivity contribution in [3.8, 4) is 5.75 Å². The predicted molar refractivity (Wildman–Crippen MR) is 147 cm³/mol. The summed E-state index contributed by atoms with van der Waals surface area (Å²) in [6, 6.07) is 13.8. The molecule has 0 radical (unpaired) electrons. The molecule has 1 saturated heterocycles. The van der Waals surface area contributed by atoms with Crippen molar-refractivity contribution in [2.45, 2.75) is 52.0 Å². The number of nitrogens with zero attached hydrogens (tertiary/aromatic N) is 2. The first-order chi connectivity index (χ1) is 17.4. The zero-order chi connectivity index (χ0) is 26.1. The Morgan fingerprint density at radius 2 is 1.53 bits per heavy atom. The summed E-state index contributed by atoms with van der Waals surface area (Å²) in [6.45, 7) is 7.79. The summed E-state index contributed by atoms with van der Waals surface area (Å²) in [5.41, 5.74) is 1.39. The molecular formula is C29H37BrN2O4.